The van der Waals surface area contributed by atoms with Crippen LogP contribution in [0.3, 0.4) is 0 Å². The number of likely N-dealkylation sites (tertiary alicyclic amines) is 1. The smallest absolute Gasteiger partial charge is 0.410 e. The molecule has 2 bridgehead atoms. The molecule has 4 fully saturated rings. The number of carbonyl (C=O) groups excluding carboxylic acids is 1. The predicted molar refractivity (Wildman–Crippen MR) is 73.9 cm³/mol. The molecule has 0 aromatic heterocycles. The van der Waals surface area contributed by atoms with Gasteiger partial charge in [-0.15, -0.1) is 0 Å². The van der Waals surface area contributed by atoms with Crippen LogP contribution in [0.5, 0.6) is 0 Å². The Morgan fingerprint density at radius 2 is 1.86 bits per heavy atom. The van der Waals surface area contributed by atoms with Crippen LogP contribution in [-0.4, -0.2) is 54.0 Å². The van der Waals surface area contributed by atoms with Crippen LogP contribution < -0.4 is 0 Å². The second-order valence-electron chi connectivity index (χ2n) is 7.88. The Morgan fingerprint density at radius 3 is 2.38 bits per heavy atom. The van der Waals surface area contributed by atoms with E-state index in [9.17, 15) is 14.7 Å². The van der Waals surface area contributed by atoms with Crippen LogP contribution in [0.1, 0.15) is 33.6 Å². The lowest BCUT2D eigenvalue weighted by Gasteiger charge is -2.64. The Balaban J connectivity index is 1.56. The maximum atomic E-state index is 11.9. The molecule has 21 heavy (non-hydrogen) atoms. The topological polar surface area (TPSA) is 76.1 Å². The van der Waals surface area contributed by atoms with Crippen molar-refractivity contribution in [1.29, 1.82) is 0 Å². The SMILES string of the molecule is CC(C)(C)OC(=O)N1CC(C23COCC(C(=O)O)(C2)C3)C1. The molecule has 0 atom stereocenters. The second-order valence-corrected chi connectivity index (χ2v) is 7.88. The summed E-state index contributed by atoms with van der Waals surface area (Å²) >= 11 is 0. The molecule has 0 aromatic rings. The molecule has 3 aliphatic heterocycles. The van der Waals surface area contributed by atoms with Crippen LogP contribution in [0.25, 0.3) is 0 Å². The minimum Gasteiger partial charge on any atom is -0.481 e. The number of aliphatic carboxylic acids is 1. The average Bonchev–Trinajstić information content (AvgIpc) is 2.23. The Morgan fingerprint density at radius 1 is 1.24 bits per heavy atom. The molecule has 3 saturated heterocycles. The highest BCUT2D eigenvalue weighted by Crippen LogP contribution is 2.63. The highest BCUT2D eigenvalue weighted by Gasteiger charge is 2.66. The van der Waals surface area contributed by atoms with Crippen LogP contribution in [0.2, 0.25) is 0 Å². The number of hydrogen-bond acceptors (Lipinski definition) is 4. The normalized spacial score (nSPS) is 35.7. The molecule has 1 amide bonds. The Kier molecular flexibility index (Phi) is 3.03. The van der Waals surface area contributed by atoms with Gasteiger partial charge in [-0.25, -0.2) is 4.79 Å². The van der Waals surface area contributed by atoms with Gasteiger partial charge in [0.05, 0.1) is 18.6 Å². The van der Waals surface area contributed by atoms with E-state index in [1.807, 2.05) is 20.8 Å². The fourth-order valence-electron chi connectivity index (χ4n) is 3.91. The fourth-order valence-corrected chi connectivity index (χ4v) is 3.91. The molecule has 1 aliphatic carbocycles. The van der Waals surface area contributed by atoms with E-state index in [1.54, 1.807) is 4.90 Å². The van der Waals surface area contributed by atoms with Crippen LogP contribution in [0, 0.1) is 16.7 Å². The van der Waals surface area contributed by atoms with Gasteiger partial charge in [-0.05, 0) is 33.6 Å². The number of carboxylic acids is 1. The van der Waals surface area contributed by atoms with Crippen LogP contribution >= 0.6 is 0 Å². The van der Waals surface area contributed by atoms with Gasteiger partial charge in [0.15, 0.2) is 0 Å². The van der Waals surface area contributed by atoms with Gasteiger partial charge in [-0.3, -0.25) is 4.79 Å². The molecule has 1 saturated carbocycles. The summed E-state index contributed by atoms with van der Waals surface area (Å²) in [6, 6.07) is 0. The lowest BCUT2D eigenvalue weighted by Crippen LogP contribution is -2.69. The van der Waals surface area contributed by atoms with Gasteiger partial charge in [-0.1, -0.05) is 0 Å². The molecule has 0 aromatic carbocycles. The number of nitrogens with zero attached hydrogens (tertiary/aromatic N) is 1. The summed E-state index contributed by atoms with van der Waals surface area (Å²) in [5.41, 5.74) is -1.21. The van der Waals surface area contributed by atoms with Crippen molar-refractivity contribution in [2.45, 2.75) is 39.2 Å². The molecular formula is C15H23NO5. The highest BCUT2D eigenvalue weighted by atomic mass is 16.6. The third-order valence-electron chi connectivity index (χ3n) is 5.00. The third-order valence-corrected chi connectivity index (χ3v) is 5.00. The first-order valence-electron chi connectivity index (χ1n) is 7.45. The van der Waals surface area contributed by atoms with Gasteiger partial charge in [0.25, 0.3) is 0 Å². The van der Waals surface area contributed by atoms with Crippen LogP contribution in [-0.2, 0) is 14.3 Å². The minimum atomic E-state index is -0.749. The maximum absolute atomic E-state index is 11.9. The van der Waals surface area contributed by atoms with Crippen LogP contribution in [0.4, 0.5) is 4.79 Å². The van der Waals surface area contributed by atoms with Gasteiger partial charge in [0.2, 0.25) is 0 Å². The van der Waals surface area contributed by atoms with Gasteiger partial charge >= 0.3 is 12.1 Å². The van der Waals surface area contributed by atoms with Gasteiger partial charge < -0.3 is 19.5 Å². The van der Waals surface area contributed by atoms with E-state index in [0.717, 1.165) is 0 Å². The van der Waals surface area contributed by atoms with E-state index in [4.69, 9.17) is 9.47 Å². The summed E-state index contributed by atoms with van der Waals surface area (Å²) in [5, 5.41) is 9.33. The van der Waals surface area contributed by atoms with Crippen molar-refractivity contribution in [2.75, 3.05) is 26.3 Å². The Hall–Kier alpha value is -1.30. The van der Waals surface area contributed by atoms with Crippen molar-refractivity contribution in [1.82, 2.24) is 4.90 Å². The lowest BCUT2D eigenvalue weighted by atomic mass is 9.46. The number of amides is 1. The minimum absolute atomic E-state index is 0.0465. The molecule has 118 valence electrons. The predicted octanol–water partition coefficient (Wildman–Crippen LogP) is 1.73. The largest absolute Gasteiger partial charge is 0.481 e. The van der Waals surface area contributed by atoms with Crippen molar-refractivity contribution in [2.24, 2.45) is 16.7 Å². The summed E-state index contributed by atoms with van der Waals surface area (Å²) in [5.74, 6) is -0.418. The molecule has 4 rings (SSSR count). The number of carbonyl (C=O) groups is 2. The quantitative estimate of drug-likeness (QED) is 0.840. The van der Waals surface area contributed by atoms with E-state index < -0.39 is 17.0 Å². The van der Waals surface area contributed by atoms with Gasteiger partial charge in [0.1, 0.15) is 5.60 Å². The number of hydrogen-bond donors (Lipinski definition) is 1. The molecule has 0 spiro atoms. The average molecular weight is 297 g/mol. The van der Waals surface area contributed by atoms with E-state index in [0.29, 0.717) is 45.1 Å². The highest BCUT2D eigenvalue weighted by molar-refractivity contribution is 5.77. The van der Waals surface area contributed by atoms with E-state index >= 15 is 0 Å². The van der Waals surface area contributed by atoms with Gasteiger partial charge in [-0.2, -0.15) is 0 Å². The summed E-state index contributed by atoms with van der Waals surface area (Å²) in [4.78, 5) is 25.0. The standard InChI is InChI=1S/C15H23NO5/c1-13(2,3)21-12(19)16-4-10(5-16)14-6-15(7-14,11(17)18)9-20-8-14/h10H,4-9H2,1-3H3,(H,17,18). The summed E-state index contributed by atoms with van der Waals surface area (Å²) < 4.78 is 10.9. The zero-order chi connectivity index (χ0) is 15.5. The molecule has 4 aliphatic rings. The number of ether oxygens (including phenoxy) is 2. The fraction of sp³-hybridized carbons (Fsp3) is 0.867. The first-order valence-corrected chi connectivity index (χ1v) is 7.45. The van der Waals surface area contributed by atoms with Crippen LogP contribution in [0.15, 0.2) is 0 Å². The monoisotopic (exact) mass is 297 g/mol. The molecule has 3 heterocycles. The van der Waals surface area contributed by atoms with Crippen molar-refractivity contribution in [3.63, 3.8) is 0 Å². The van der Waals surface area contributed by atoms with Crippen molar-refractivity contribution in [3.05, 3.63) is 0 Å². The molecule has 6 heteroatoms. The molecular weight excluding hydrogens is 274 g/mol. The number of fused-ring (bicyclic) bond motifs is 2. The Labute approximate surface area is 124 Å². The zero-order valence-corrected chi connectivity index (χ0v) is 12.8. The Bertz CT molecular complexity index is 469. The molecule has 0 radical (unpaired) electrons. The summed E-state index contributed by atoms with van der Waals surface area (Å²) in [6.07, 6.45) is 1.08. The first kappa shape index (κ1) is 14.6. The number of rotatable bonds is 2. The van der Waals surface area contributed by atoms with E-state index in [-0.39, 0.29) is 11.5 Å². The van der Waals surface area contributed by atoms with E-state index in [2.05, 4.69) is 0 Å². The van der Waals surface area contributed by atoms with E-state index in [1.165, 1.54) is 0 Å². The number of carboxylic acid groups (broad SMARTS) is 1. The zero-order valence-electron chi connectivity index (χ0n) is 12.8. The molecule has 6 nitrogen and oxygen atoms in total. The summed E-state index contributed by atoms with van der Waals surface area (Å²) in [7, 11) is 0. The first-order chi connectivity index (χ1) is 9.66. The maximum Gasteiger partial charge on any atom is 0.410 e. The third kappa shape index (κ3) is 2.29. The molecule has 0 unspecified atom stereocenters. The van der Waals surface area contributed by atoms with Gasteiger partial charge in [0, 0.05) is 24.4 Å². The molecule has 1 N–H and O–H groups in total. The van der Waals surface area contributed by atoms with Crippen molar-refractivity contribution >= 4 is 12.1 Å². The van der Waals surface area contributed by atoms with Crippen molar-refractivity contribution in [3.8, 4) is 0 Å². The van der Waals surface area contributed by atoms with Crippen molar-refractivity contribution < 1.29 is 24.2 Å². The summed E-state index contributed by atoms with van der Waals surface area (Å²) in [6.45, 7) is 7.79. The lowest BCUT2D eigenvalue weighted by molar-refractivity contribution is -0.239. The second kappa shape index (κ2) is 4.35.